The number of aldehydes is 1. The van der Waals surface area contributed by atoms with E-state index in [0.29, 0.717) is 41.6 Å². The van der Waals surface area contributed by atoms with Crippen LogP contribution in [0.3, 0.4) is 0 Å². The number of carbonyl (C=O) groups excluding carboxylic acids is 2. The van der Waals surface area contributed by atoms with Gasteiger partial charge in [-0.1, -0.05) is 46.2 Å². The molecule has 1 amide bonds. The number of nitrogen functional groups attached to an aromatic ring is 3. The van der Waals surface area contributed by atoms with Crippen LogP contribution < -0.4 is 22.5 Å². The average molecular weight is 584 g/mol. The fourth-order valence-electron chi connectivity index (χ4n) is 4.43. The number of nitrogens with one attached hydrogen (secondary N) is 1. The minimum absolute atomic E-state index is 0.168. The summed E-state index contributed by atoms with van der Waals surface area (Å²) in [7, 11) is 3.91. The number of hydrogen-bond donors (Lipinski definition) is 4. The summed E-state index contributed by atoms with van der Waals surface area (Å²) < 4.78 is 0. The zero-order valence-corrected chi connectivity index (χ0v) is 27.3. The molecule has 3 rings (SSSR count). The molecule has 0 radical (unpaired) electrons. The molecule has 1 aromatic heterocycles. The van der Waals surface area contributed by atoms with Gasteiger partial charge in [-0.15, -0.1) is 0 Å². The van der Waals surface area contributed by atoms with Crippen LogP contribution in [0.2, 0.25) is 0 Å². The Morgan fingerprint density at radius 2 is 1.81 bits per heavy atom. The minimum atomic E-state index is -0.168. The number of anilines is 3. The SMILES string of the molecule is CC.CCc1cc(N)cnc1N.CN1CCCCC1(C)C.CN=Cc1ccc([C@H](C=O)CCC(C)CNC=O)cc1N. The van der Waals surface area contributed by atoms with Gasteiger partial charge in [0.25, 0.3) is 0 Å². The number of aliphatic imine (C=N–C) groups is 1. The Morgan fingerprint density at radius 3 is 2.29 bits per heavy atom. The molecule has 0 saturated carbocycles. The third kappa shape index (κ3) is 14.4. The largest absolute Gasteiger partial charge is 0.398 e. The quantitative estimate of drug-likeness (QED) is 0.164. The lowest BCUT2D eigenvalue weighted by Gasteiger charge is -2.39. The number of rotatable bonds is 10. The number of nitrogens with zero attached hydrogens (tertiary/aromatic N) is 3. The summed E-state index contributed by atoms with van der Waals surface area (Å²) in [5.41, 5.74) is 21.5. The van der Waals surface area contributed by atoms with Crippen molar-refractivity contribution in [1.82, 2.24) is 15.2 Å². The van der Waals surface area contributed by atoms with Crippen LogP contribution in [0.25, 0.3) is 0 Å². The molecule has 0 bridgehead atoms. The molecule has 2 aromatic rings. The first-order chi connectivity index (χ1) is 20.0. The molecule has 1 unspecified atom stereocenters. The van der Waals surface area contributed by atoms with E-state index in [0.717, 1.165) is 42.2 Å². The second-order valence-corrected chi connectivity index (χ2v) is 11.1. The van der Waals surface area contributed by atoms with Gasteiger partial charge in [-0.05, 0) is 88.7 Å². The number of aryl methyl sites for hydroxylation is 1. The molecule has 1 aliphatic rings. The van der Waals surface area contributed by atoms with Gasteiger partial charge in [0.2, 0.25) is 6.41 Å². The van der Waals surface area contributed by atoms with E-state index in [1.54, 1.807) is 19.5 Å². The highest BCUT2D eigenvalue weighted by Gasteiger charge is 2.25. The highest BCUT2D eigenvalue weighted by molar-refractivity contribution is 5.87. The van der Waals surface area contributed by atoms with Crippen molar-refractivity contribution in [3.63, 3.8) is 0 Å². The number of piperidine rings is 1. The molecule has 0 aliphatic carbocycles. The van der Waals surface area contributed by atoms with Gasteiger partial charge in [-0.25, -0.2) is 4.98 Å². The van der Waals surface area contributed by atoms with E-state index >= 15 is 0 Å². The van der Waals surface area contributed by atoms with Gasteiger partial charge in [0.15, 0.2) is 0 Å². The number of likely N-dealkylation sites (tertiary alicyclic amines) is 1. The zero-order chi connectivity index (χ0) is 32.1. The fourth-order valence-corrected chi connectivity index (χ4v) is 4.43. The van der Waals surface area contributed by atoms with Crippen LogP contribution >= 0.6 is 0 Å². The van der Waals surface area contributed by atoms with Crippen LogP contribution in [0.4, 0.5) is 17.2 Å². The van der Waals surface area contributed by atoms with Crippen LogP contribution in [0.15, 0.2) is 35.5 Å². The van der Waals surface area contributed by atoms with Crippen LogP contribution in [0, 0.1) is 5.92 Å². The van der Waals surface area contributed by atoms with Crippen molar-refractivity contribution in [1.29, 1.82) is 0 Å². The van der Waals surface area contributed by atoms with E-state index < -0.39 is 0 Å². The maximum atomic E-state index is 11.3. The lowest BCUT2D eigenvalue weighted by Crippen LogP contribution is -2.44. The van der Waals surface area contributed by atoms with Gasteiger partial charge in [-0.3, -0.25) is 9.79 Å². The van der Waals surface area contributed by atoms with E-state index in [9.17, 15) is 9.59 Å². The van der Waals surface area contributed by atoms with Crippen molar-refractivity contribution in [2.45, 2.75) is 91.5 Å². The Bertz CT molecular complexity index is 1070. The molecule has 42 heavy (non-hydrogen) atoms. The minimum Gasteiger partial charge on any atom is -0.398 e. The van der Waals surface area contributed by atoms with Gasteiger partial charge >= 0.3 is 0 Å². The Balaban J connectivity index is 0.000000660. The highest BCUT2D eigenvalue weighted by Crippen LogP contribution is 2.25. The van der Waals surface area contributed by atoms with Crippen molar-refractivity contribution in [2.24, 2.45) is 10.9 Å². The van der Waals surface area contributed by atoms with Gasteiger partial charge in [0.1, 0.15) is 12.1 Å². The first-order valence-corrected chi connectivity index (χ1v) is 15.1. The lowest BCUT2D eigenvalue weighted by molar-refractivity contribution is -0.110. The molecule has 9 heteroatoms. The zero-order valence-electron chi connectivity index (χ0n) is 27.3. The van der Waals surface area contributed by atoms with Crippen molar-refractivity contribution < 1.29 is 9.59 Å². The molecule has 2 heterocycles. The van der Waals surface area contributed by atoms with Crippen molar-refractivity contribution >= 4 is 36.1 Å². The third-order valence-corrected chi connectivity index (χ3v) is 7.46. The number of aromatic nitrogens is 1. The highest BCUT2D eigenvalue weighted by atomic mass is 16.1. The van der Waals surface area contributed by atoms with E-state index in [1.807, 2.05) is 52.0 Å². The third-order valence-electron chi connectivity index (χ3n) is 7.46. The maximum Gasteiger partial charge on any atom is 0.207 e. The molecule has 236 valence electrons. The normalized spacial score (nSPS) is 15.4. The first-order valence-electron chi connectivity index (χ1n) is 15.1. The monoisotopic (exact) mass is 583 g/mol. The molecule has 1 aliphatic heterocycles. The summed E-state index contributed by atoms with van der Waals surface area (Å²) in [5, 5.41) is 2.66. The van der Waals surface area contributed by atoms with Crippen molar-refractivity contribution in [3.05, 3.63) is 47.2 Å². The Labute approximate surface area is 254 Å². The van der Waals surface area contributed by atoms with Crippen LogP contribution in [0.1, 0.15) is 96.3 Å². The first kappa shape index (κ1) is 38.5. The molecular weight excluding hydrogens is 526 g/mol. The number of pyridine rings is 1. The molecule has 2 atom stereocenters. The van der Waals surface area contributed by atoms with Crippen LogP contribution in [-0.4, -0.2) is 61.5 Å². The topological polar surface area (TPSA) is 153 Å². The number of carbonyl (C=O) groups is 2. The second kappa shape index (κ2) is 21.3. The predicted octanol–water partition coefficient (Wildman–Crippen LogP) is 5.48. The smallest absolute Gasteiger partial charge is 0.207 e. The molecular formula is C33H57N7O2. The Morgan fingerprint density at radius 1 is 1.12 bits per heavy atom. The van der Waals surface area contributed by atoms with Crippen LogP contribution in [-0.2, 0) is 16.0 Å². The Hall–Kier alpha value is -3.46. The molecule has 0 spiro atoms. The molecule has 1 saturated heterocycles. The van der Waals surface area contributed by atoms with Gasteiger partial charge in [-0.2, -0.15) is 0 Å². The van der Waals surface area contributed by atoms with Crippen molar-refractivity contribution in [3.8, 4) is 0 Å². The van der Waals surface area contributed by atoms with Gasteiger partial charge in [0.05, 0.1) is 11.9 Å². The lowest BCUT2D eigenvalue weighted by atomic mass is 9.91. The fraction of sp³-hybridized carbons (Fsp3) is 0.576. The Kier molecular flexibility index (Phi) is 19.5. The van der Waals surface area contributed by atoms with Crippen LogP contribution in [0.5, 0.6) is 0 Å². The van der Waals surface area contributed by atoms with E-state index in [1.165, 1.54) is 25.8 Å². The second-order valence-electron chi connectivity index (χ2n) is 11.1. The molecule has 1 fully saturated rings. The maximum absolute atomic E-state index is 11.3. The molecule has 1 aromatic carbocycles. The van der Waals surface area contributed by atoms with E-state index in [-0.39, 0.29) is 5.92 Å². The summed E-state index contributed by atoms with van der Waals surface area (Å²) in [4.78, 5) is 31.9. The summed E-state index contributed by atoms with van der Waals surface area (Å²) in [6, 6.07) is 7.49. The molecule has 9 nitrogen and oxygen atoms in total. The standard InChI is InChI=1S/C16H23N3O2.C8H17N.C7H11N3.C2H6/c1-12(8-19-11-21)3-4-15(10-20)13-5-6-14(9-18-2)16(17)7-13;1-8(2)6-4-5-7-9(8)3;1-2-5-3-6(8)4-10-7(5)9;1-2/h5-7,9-12,15H,3-4,8,17H2,1-2H3,(H,19,21);4-7H2,1-3H3;3-4H,2,8H2,1H3,(H2,9,10);1-2H3/t12?,15-;;;/m0.../s1. The van der Waals surface area contributed by atoms with Gasteiger partial charge < -0.3 is 32.2 Å². The van der Waals surface area contributed by atoms with E-state index in [4.69, 9.17) is 17.2 Å². The summed E-state index contributed by atoms with van der Waals surface area (Å²) >= 11 is 0. The summed E-state index contributed by atoms with van der Waals surface area (Å²) in [6.45, 7) is 14.6. The van der Waals surface area contributed by atoms with Crippen molar-refractivity contribution in [2.75, 3.05) is 44.4 Å². The number of hydrogen-bond acceptors (Lipinski definition) is 8. The van der Waals surface area contributed by atoms with E-state index in [2.05, 4.69) is 41.1 Å². The number of benzene rings is 1. The predicted molar refractivity (Wildman–Crippen MR) is 180 cm³/mol. The summed E-state index contributed by atoms with van der Waals surface area (Å²) in [6.07, 6.45) is 11.6. The summed E-state index contributed by atoms with van der Waals surface area (Å²) in [5.74, 6) is 0.747. The number of nitrogens with two attached hydrogens (primary N) is 3. The molecule has 7 N–H and O–H groups in total. The number of amides is 1. The average Bonchev–Trinajstić information content (AvgIpc) is 2.98. The van der Waals surface area contributed by atoms with Gasteiger partial charge in [0, 0.05) is 42.5 Å².